The maximum Gasteiger partial charge on any atom is 0.368 e. The summed E-state index contributed by atoms with van der Waals surface area (Å²) in [5.41, 5.74) is 0.347. The van der Waals surface area contributed by atoms with Gasteiger partial charge in [-0.15, -0.1) is 0 Å². The summed E-state index contributed by atoms with van der Waals surface area (Å²) in [6, 6.07) is 0. The second-order valence-electron chi connectivity index (χ2n) is 13.4. The lowest BCUT2D eigenvalue weighted by atomic mass is 10.0. The summed E-state index contributed by atoms with van der Waals surface area (Å²) < 4.78 is 13.2. The molecule has 0 aromatic rings. The zero-order valence-electron chi connectivity index (χ0n) is 27.7. The summed E-state index contributed by atoms with van der Waals surface area (Å²) in [4.78, 5) is 20.8. The van der Waals surface area contributed by atoms with Crippen LogP contribution in [0.2, 0.25) is 0 Å². The van der Waals surface area contributed by atoms with Crippen molar-refractivity contribution in [1.82, 2.24) is 0 Å². The van der Waals surface area contributed by atoms with E-state index in [0.717, 1.165) is 25.7 Å². The Balaban J connectivity index is 4.52. The molecule has 39 heavy (non-hydrogen) atoms. The van der Waals surface area contributed by atoms with Gasteiger partial charge in [-0.1, -0.05) is 155 Å². The van der Waals surface area contributed by atoms with Crippen molar-refractivity contribution in [2.75, 3.05) is 13.3 Å². The summed E-state index contributed by atoms with van der Waals surface area (Å²) >= 11 is 0. The maximum absolute atomic E-state index is 13.2. The fourth-order valence-corrected chi connectivity index (χ4v) is 13.0. The van der Waals surface area contributed by atoms with Crippen LogP contribution in [0.3, 0.4) is 0 Å². The molecule has 0 unspecified atom stereocenters. The van der Waals surface area contributed by atoms with Crippen LogP contribution in [0.25, 0.3) is 0 Å². The Labute approximate surface area is 247 Å². The van der Waals surface area contributed by atoms with Crippen LogP contribution in [0, 0.1) is 0 Å². The van der Waals surface area contributed by atoms with E-state index in [0.29, 0.717) is 18.5 Å². The van der Waals surface area contributed by atoms with E-state index in [4.69, 9.17) is 0 Å². The quantitative estimate of drug-likeness (QED) is 0.0672. The Morgan fingerprint density at radius 2 is 0.744 bits per heavy atom. The van der Waals surface area contributed by atoms with Crippen molar-refractivity contribution in [1.29, 1.82) is 0 Å². The van der Waals surface area contributed by atoms with Crippen LogP contribution < -0.4 is 0 Å². The first-order valence-electron chi connectivity index (χ1n) is 17.5. The molecule has 0 radical (unpaired) electrons. The highest BCUT2D eigenvalue weighted by atomic mass is 31.2. The summed E-state index contributed by atoms with van der Waals surface area (Å²) in [5.74, 6) is 0. The van der Waals surface area contributed by atoms with E-state index in [1.165, 1.54) is 128 Å². The lowest BCUT2D eigenvalue weighted by Crippen LogP contribution is -2.35. The zero-order valence-corrected chi connectivity index (χ0v) is 29.4. The molecule has 0 fully saturated rings. The van der Waals surface area contributed by atoms with E-state index in [9.17, 15) is 14.4 Å². The van der Waals surface area contributed by atoms with Gasteiger partial charge in [-0.2, -0.15) is 0 Å². The summed E-state index contributed by atoms with van der Waals surface area (Å²) in [6.07, 6.45) is 32.4. The van der Waals surface area contributed by atoms with Gasteiger partial charge in [0.15, 0.2) is 4.90 Å². The highest BCUT2D eigenvalue weighted by Crippen LogP contribution is 2.81. The molecule has 0 spiro atoms. The molecule has 0 heterocycles. The van der Waals surface area contributed by atoms with Gasteiger partial charge in [-0.05, 0) is 39.5 Å². The Morgan fingerprint density at radius 3 is 0.949 bits per heavy atom. The minimum atomic E-state index is -4.20. The summed E-state index contributed by atoms with van der Waals surface area (Å²) in [7, 11) is -6.00. The highest BCUT2D eigenvalue weighted by Gasteiger charge is 2.63. The van der Waals surface area contributed by atoms with Crippen molar-refractivity contribution < 1.29 is 14.4 Å². The third kappa shape index (κ3) is 17.3. The summed E-state index contributed by atoms with van der Waals surface area (Å²) in [5, 5.41) is 0. The largest absolute Gasteiger partial charge is 0.368 e. The number of hydrogen-bond donors (Lipinski definition) is 2. The molecule has 0 atom stereocenters. The van der Waals surface area contributed by atoms with Gasteiger partial charge in [0.05, 0.1) is 19.0 Å². The molecule has 0 saturated carbocycles. The van der Waals surface area contributed by atoms with Gasteiger partial charge in [-0.3, -0.25) is 4.57 Å². The fraction of sp³-hybridized carbons (Fsp3) is 1.00. The van der Waals surface area contributed by atoms with Gasteiger partial charge >= 0.3 is 7.60 Å². The Morgan fingerprint density at radius 1 is 0.513 bits per heavy atom. The van der Waals surface area contributed by atoms with Crippen LogP contribution in [-0.4, -0.2) is 33.7 Å². The zero-order chi connectivity index (χ0) is 29.5. The van der Waals surface area contributed by atoms with E-state index in [2.05, 4.69) is 41.0 Å². The van der Waals surface area contributed by atoms with E-state index >= 15 is 0 Å². The molecule has 0 aromatic carbocycles. The maximum atomic E-state index is 13.2. The minimum absolute atomic E-state index is 0.347. The van der Waals surface area contributed by atoms with E-state index in [1.54, 1.807) is 0 Å². The molecule has 0 amide bonds. The monoisotopic (exact) mass is 592 g/mol. The Kier molecular flexibility index (Phi) is 24.4. The molecule has 0 aliphatic heterocycles. The van der Waals surface area contributed by atoms with Crippen LogP contribution >= 0.6 is 14.9 Å². The van der Waals surface area contributed by atoms with Crippen molar-refractivity contribution in [3.63, 3.8) is 0 Å². The minimum Gasteiger partial charge on any atom is -0.321 e. The first-order valence-corrected chi connectivity index (χ1v) is 21.8. The third-order valence-corrected chi connectivity index (χ3v) is 18.8. The van der Waals surface area contributed by atoms with Crippen LogP contribution in [0.5, 0.6) is 0 Å². The Hall–Kier alpha value is 0.580. The van der Waals surface area contributed by atoms with E-state index in [1.807, 2.05) is 0 Å². The highest BCUT2D eigenvalue weighted by molar-refractivity contribution is 7.86. The van der Waals surface area contributed by atoms with Crippen LogP contribution in [0.1, 0.15) is 195 Å². The molecule has 0 aliphatic carbocycles. The van der Waals surface area contributed by atoms with Gasteiger partial charge in [0.2, 0.25) is 0 Å². The number of hydrogen-bond acceptors (Lipinski definition) is 1. The first-order chi connectivity index (χ1) is 18.6. The molecule has 3 nitrogen and oxygen atoms in total. The standard InChI is InChI=1S/C34H72O3P2/c1-7-9-11-13-15-17-19-21-23-25-27-29-31-34(39(35,36)37,38(5,6)33(3)4)32-30-28-26-24-22-20-18-16-14-12-10-8-2/h33H,7-32H2,1-6H3,(H-,35,36,37)/p+1. The van der Waals surface area contributed by atoms with Crippen molar-refractivity contribution in [2.24, 2.45) is 0 Å². The van der Waals surface area contributed by atoms with Gasteiger partial charge < -0.3 is 9.79 Å². The average molecular weight is 592 g/mol. The van der Waals surface area contributed by atoms with Gasteiger partial charge in [-0.25, -0.2) is 0 Å². The summed E-state index contributed by atoms with van der Waals surface area (Å²) in [6.45, 7) is 13.4. The van der Waals surface area contributed by atoms with Crippen molar-refractivity contribution in [2.45, 2.75) is 205 Å². The van der Waals surface area contributed by atoms with Crippen LogP contribution in [-0.2, 0) is 4.57 Å². The van der Waals surface area contributed by atoms with Crippen LogP contribution in [0.4, 0.5) is 0 Å². The molecule has 236 valence electrons. The molecule has 0 aliphatic rings. The molecular formula is C34H73O3P2+. The van der Waals surface area contributed by atoms with Crippen LogP contribution in [0.15, 0.2) is 0 Å². The predicted octanol–water partition coefficient (Wildman–Crippen LogP) is 12.7. The lowest BCUT2D eigenvalue weighted by molar-refractivity contribution is 0.332. The average Bonchev–Trinajstić information content (AvgIpc) is 2.87. The molecule has 5 heteroatoms. The van der Waals surface area contributed by atoms with Gasteiger partial charge in [0.1, 0.15) is 0 Å². The number of unbranched alkanes of at least 4 members (excludes halogenated alkanes) is 22. The fourth-order valence-electron chi connectivity index (χ4n) is 6.31. The topological polar surface area (TPSA) is 57.5 Å². The van der Waals surface area contributed by atoms with Gasteiger partial charge in [0, 0.05) is 7.26 Å². The van der Waals surface area contributed by atoms with E-state index < -0.39 is 19.8 Å². The lowest BCUT2D eigenvalue weighted by Gasteiger charge is -2.43. The SMILES string of the molecule is CCCCCCCCCCCCCCC(CCCCCCCCCCCCCC)(P(=O)(O)O)[P+](C)(C)C(C)C. The second-order valence-corrected chi connectivity index (χ2v) is 20.7. The predicted molar refractivity (Wildman–Crippen MR) is 180 cm³/mol. The van der Waals surface area contributed by atoms with Crippen molar-refractivity contribution >= 4 is 14.9 Å². The Bertz CT molecular complexity index is 557. The molecule has 0 saturated heterocycles. The smallest absolute Gasteiger partial charge is 0.321 e. The van der Waals surface area contributed by atoms with E-state index in [-0.39, 0.29) is 0 Å². The number of rotatable bonds is 29. The normalized spacial score (nSPS) is 13.1. The van der Waals surface area contributed by atoms with Crippen molar-refractivity contribution in [3.8, 4) is 0 Å². The van der Waals surface area contributed by atoms with Crippen molar-refractivity contribution in [3.05, 3.63) is 0 Å². The third-order valence-electron chi connectivity index (χ3n) is 9.77. The molecule has 0 rings (SSSR count). The first kappa shape index (κ1) is 39.6. The second kappa shape index (κ2) is 24.1. The molecule has 0 bridgehead atoms. The molecule has 2 N–H and O–H groups in total. The van der Waals surface area contributed by atoms with Gasteiger partial charge in [0.25, 0.3) is 0 Å². The molecular weight excluding hydrogens is 518 g/mol. The molecule has 0 aromatic heterocycles.